The van der Waals surface area contributed by atoms with Crippen LogP contribution < -0.4 is 17.0 Å². The molecule has 1 heterocycles. The summed E-state index contributed by atoms with van der Waals surface area (Å²) in [5.74, 6) is -0.279. The van der Waals surface area contributed by atoms with Gasteiger partial charge in [-0.2, -0.15) is 0 Å². The molecule has 0 aliphatic heterocycles. The van der Waals surface area contributed by atoms with Crippen LogP contribution in [0.15, 0.2) is 9.59 Å². The fourth-order valence-corrected chi connectivity index (χ4v) is 5.97. The molecule has 4 rings (SSSR count). The van der Waals surface area contributed by atoms with Crippen LogP contribution in [0.25, 0.3) is 0 Å². The van der Waals surface area contributed by atoms with Crippen LogP contribution in [0.3, 0.4) is 0 Å². The van der Waals surface area contributed by atoms with Crippen LogP contribution in [0, 0.1) is 5.41 Å². The van der Waals surface area contributed by atoms with Crippen molar-refractivity contribution in [2.45, 2.75) is 89.8 Å². The lowest BCUT2D eigenvalue weighted by Crippen LogP contribution is -2.66. The number of ketones is 1. The first kappa shape index (κ1) is 22.3. The van der Waals surface area contributed by atoms with E-state index in [2.05, 4.69) is 16.8 Å². The van der Waals surface area contributed by atoms with E-state index in [0.29, 0.717) is 6.61 Å². The van der Waals surface area contributed by atoms with E-state index < -0.39 is 11.2 Å². The number of nitrogens with one attached hydrogen (secondary N) is 1. The van der Waals surface area contributed by atoms with Crippen molar-refractivity contribution in [2.75, 3.05) is 25.4 Å². The van der Waals surface area contributed by atoms with E-state index in [9.17, 15) is 14.4 Å². The molecule has 2 atom stereocenters. The lowest BCUT2D eigenvalue weighted by molar-refractivity contribution is -0.180. The molecule has 31 heavy (non-hydrogen) atoms. The van der Waals surface area contributed by atoms with Crippen molar-refractivity contribution in [3.8, 4) is 0 Å². The number of hydrogen-bond donors (Lipinski definition) is 2. The molecule has 3 fully saturated rings. The number of hydrogen-bond acceptors (Lipinski definition) is 6. The van der Waals surface area contributed by atoms with Gasteiger partial charge in [0.25, 0.3) is 5.56 Å². The Kier molecular flexibility index (Phi) is 6.40. The zero-order chi connectivity index (χ0) is 22.2. The predicted molar refractivity (Wildman–Crippen MR) is 120 cm³/mol. The Morgan fingerprint density at radius 3 is 2.55 bits per heavy atom. The van der Waals surface area contributed by atoms with E-state index in [4.69, 9.17) is 10.5 Å². The maximum absolute atomic E-state index is 13.3. The lowest BCUT2D eigenvalue weighted by atomic mass is 9.54. The van der Waals surface area contributed by atoms with E-state index in [1.54, 1.807) is 0 Å². The molecule has 3 aliphatic carbocycles. The Bertz CT molecular complexity index is 926. The second-order valence-electron chi connectivity index (χ2n) is 9.50. The van der Waals surface area contributed by atoms with E-state index >= 15 is 0 Å². The van der Waals surface area contributed by atoms with Gasteiger partial charge in [0.05, 0.1) is 12.6 Å². The van der Waals surface area contributed by atoms with Crippen molar-refractivity contribution in [1.29, 1.82) is 0 Å². The zero-order valence-corrected chi connectivity index (χ0v) is 18.8. The minimum atomic E-state index is -0.672. The van der Waals surface area contributed by atoms with E-state index in [1.165, 1.54) is 23.8 Å². The molecular formula is C23H36N4O4. The van der Waals surface area contributed by atoms with Gasteiger partial charge in [0.1, 0.15) is 11.4 Å². The highest BCUT2D eigenvalue weighted by atomic mass is 16.5. The number of nitrogen functional groups attached to an aromatic ring is 1. The van der Waals surface area contributed by atoms with Crippen molar-refractivity contribution in [3.05, 3.63) is 26.4 Å². The molecule has 1 aromatic heterocycles. The van der Waals surface area contributed by atoms with E-state index in [-0.39, 0.29) is 47.3 Å². The monoisotopic (exact) mass is 432 g/mol. The van der Waals surface area contributed by atoms with Gasteiger partial charge in [-0.3, -0.25) is 24.0 Å². The van der Waals surface area contributed by atoms with Gasteiger partial charge in [0, 0.05) is 24.1 Å². The zero-order valence-electron chi connectivity index (χ0n) is 18.8. The second kappa shape index (κ2) is 8.90. The van der Waals surface area contributed by atoms with Gasteiger partial charge in [-0.15, -0.1) is 0 Å². The number of aromatic nitrogens is 2. The van der Waals surface area contributed by atoms with Gasteiger partial charge in [0.15, 0.2) is 5.78 Å². The summed E-state index contributed by atoms with van der Waals surface area (Å²) >= 11 is 0. The number of aromatic amines is 1. The van der Waals surface area contributed by atoms with Gasteiger partial charge in [-0.1, -0.05) is 26.2 Å². The maximum atomic E-state index is 13.3. The third-order valence-electron chi connectivity index (χ3n) is 7.57. The van der Waals surface area contributed by atoms with Gasteiger partial charge < -0.3 is 10.5 Å². The summed E-state index contributed by atoms with van der Waals surface area (Å²) in [4.78, 5) is 42.6. The number of Topliss-reactive ketones (excluding diaryl/α,β-unsaturated/α-hetero) is 1. The standard InChI is InChI=1S/C23H36N4O4/c1-3-12-26(17-13-18(31-4-2)23(17)10-6-5-7-11-23)14-16(28)19-20(24)27(15-8-9-15)22(30)25-21(19)29/h15,17-18H,3-14,24H2,1-2H3,(H,25,29,30)/t17-,18-/m1/s1. The highest BCUT2D eigenvalue weighted by Gasteiger charge is 2.57. The summed E-state index contributed by atoms with van der Waals surface area (Å²) in [6.45, 7) is 5.80. The maximum Gasteiger partial charge on any atom is 0.330 e. The van der Waals surface area contributed by atoms with Crippen LogP contribution in [0.2, 0.25) is 0 Å². The Hall–Kier alpha value is -1.93. The molecule has 0 amide bonds. The number of nitrogens with zero attached hydrogens (tertiary/aromatic N) is 2. The molecule has 0 saturated heterocycles. The Morgan fingerprint density at radius 2 is 1.94 bits per heavy atom. The van der Waals surface area contributed by atoms with Gasteiger partial charge in [-0.25, -0.2) is 4.79 Å². The van der Waals surface area contributed by atoms with Crippen LogP contribution in [0.5, 0.6) is 0 Å². The SMILES string of the molecule is CCCN(CC(=O)c1c(N)n(C2CC2)c(=O)[nH]c1=O)[C@@H]1C[C@@H](OCC)C12CCCCC2. The highest BCUT2D eigenvalue weighted by Crippen LogP contribution is 2.55. The lowest BCUT2D eigenvalue weighted by Gasteiger charge is -2.61. The first-order valence-electron chi connectivity index (χ1n) is 12.0. The summed E-state index contributed by atoms with van der Waals surface area (Å²) in [6, 6.07) is 0.273. The van der Waals surface area contributed by atoms with Crippen LogP contribution in [0.4, 0.5) is 5.82 Å². The Morgan fingerprint density at radius 1 is 1.23 bits per heavy atom. The molecule has 8 heteroatoms. The normalized spacial score (nSPS) is 25.0. The fraction of sp³-hybridized carbons (Fsp3) is 0.783. The first-order valence-corrected chi connectivity index (χ1v) is 12.0. The number of carbonyl (C=O) groups is 1. The van der Waals surface area contributed by atoms with Crippen LogP contribution in [-0.2, 0) is 4.74 Å². The van der Waals surface area contributed by atoms with Crippen LogP contribution >= 0.6 is 0 Å². The van der Waals surface area contributed by atoms with Crippen molar-refractivity contribution in [1.82, 2.24) is 14.5 Å². The minimum absolute atomic E-state index is 0.00765. The summed E-state index contributed by atoms with van der Waals surface area (Å²) in [6.07, 6.45) is 9.71. The quantitative estimate of drug-likeness (QED) is 0.580. The summed E-state index contributed by atoms with van der Waals surface area (Å²) in [5, 5.41) is 0. The highest BCUT2D eigenvalue weighted by molar-refractivity contribution is 6.01. The Balaban J connectivity index is 1.59. The molecule has 0 unspecified atom stereocenters. The average molecular weight is 433 g/mol. The molecule has 3 N–H and O–H groups in total. The van der Waals surface area contributed by atoms with E-state index in [0.717, 1.165) is 45.1 Å². The molecule has 0 bridgehead atoms. The Labute approximate surface area is 183 Å². The largest absolute Gasteiger partial charge is 0.384 e. The number of anilines is 1. The van der Waals surface area contributed by atoms with Crippen molar-refractivity contribution < 1.29 is 9.53 Å². The third-order valence-corrected chi connectivity index (χ3v) is 7.57. The van der Waals surface area contributed by atoms with Crippen LogP contribution in [0.1, 0.15) is 88.0 Å². The molecule has 0 aromatic carbocycles. The smallest absolute Gasteiger partial charge is 0.330 e. The number of H-pyrrole nitrogens is 1. The van der Waals surface area contributed by atoms with Crippen molar-refractivity contribution in [3.63, 3.8) is 0 Å². The predicted octanol–water partition coefficient (Wildman–Crippen LogP) is 2.48. The van der Waals surface area contributed by atoms with Crippen molar-refractivity contribution in [2.24, 2.45) is 5.41 Å². The summed E-state index contributed by atoms with van der Waals surface area (Å²) in [7, 11) is 0. The molecule has 0 radical (unpaired) electrons. The number of ether oxygens (including phenoxy) is 1. The number of carbonyl (C=O) groups excluding carboxylic acids is 1. The molecule has 1 aromatic rings. The summed E-state index contributed by atoms with van der Waals surface area (Å²) in [5.41, 5.74) is 5.03. The fourth-order valence-electron chi connectivity index (χ4n) is 5.97. The molecule has 3 aliphatic rings. The molecule has 8 nitrogen and oxygen atoms in total. The molecular weight excluding hydrogens is 396 g/mol. The average Bonchev–Trinajstić information content (AvgIpc) is 3.56. The van der Waals surface area contributed by atoms with Crippen LogP contribution in [-0.4, -0.2) is 52.1 Å². The molecule has 3 saturated carbocycles. The minimum Gasteiger partial charge on any atom is -0.384 e. The number of rotatable bonds is 9. The number of nitrogens with two attached hydrogens (primary N) is 1. The van der Waals surface area contributed by atoms with Gasteiger partial charge in [0.2, 0.25) is 0 Å². The third kappa shape index (κ3) is 4.00. The second-order valence-corrected chi connectivity index (χ2v) is 9.50. The summed E-state index contributed by atoms with van der Waals surface area (Å²) < 4.78 is 7.48. The molecule has 1 spiro atoms. The van der Waals surface area contributed by atoms with Gasteiger partial charge >= 0.3 is 5.69 Å². The van der Waals surface area contributed by atoms with Crippen molar-refractivity contribution >= 4 is 11.6 Å². The van der Waals surface area contributed by atoms with E-state index in [1.807, 2.05) is 6.92 Å². The van der Waals surface area contributed by atoms with Gasteiger partial charge in [-0.05, 0) is 52.0 Å². The first-order chi connectivity index (χ1) is 14.9. The topological polar surface area (TPSA) is 110 Å². The molecule has 172 valence electrons.